The minimum absolute atomic E-state index is 0.120. The zero-order valence-corrected chi connectivity index (χ0v) is 16.9. The molecule has 9 heteroatoms. The van der Waals surface area contributed by atoms with Gasteiger partial charge in [0.1, 0.15) is 0 Å². The van der Waals surface area contributed by atoms with Crippen molar-refractivity contribution in [3.05, 3.63) is 64.0 Å². The maximum absolute atomic E-state index is 12.4. The molecule has 0 aliphatic heterocycles. The third kappa shape index (κ3) is 4.16. The van der Waals surface area contributed by atoms with E-state index in [1.54, 1.807) is 4.68 Å². The van der Waals surface area contributed by atoms with Gasteiger partial charge in [0.2, 0.25) is 10.0 Å². The van der Waals surface area contributed by atoms with Gasteiger partial charge < -0.3 is 5.32 Å². The van der Waals surface area contributed by atoms with Gasteiger partial charge in [-0.3, -0.25) is 9.48 Å². The monoisotopic (exact) mass is 416 g/mol. The van der Waals surface area contributed by atoms with Crippen LogP contribution in [-0.4, -0.2) is 24.1 Å². The number of nitrogens with zero attached hydrogens (tertiary/aromatic N) is 2. The van der Waals surface area contributed by atoms with Crippen molar-refractivity contribution >= 4 is 33.1 Å². The van der Waals surface area contributed by atoms with E-state index in [9.17, 15) is 13.2 Å². The lowest BCUT2D eigenvalue weighted by molar-refractivity contribution is 0.102. The van der Waals surface area contributed by atoms with Gasteiger partial charge in [-0.25, -0.2) is 13.1 Å². The first-order valence-electron chi connectivity index (χ1n) is 8.90. The fraction of sp³-hybridized carbons (Fsp3) is 0.263. The highest BCUT2D eigenvalue weighted by Gasteiger charge is 2.27. The molecule has 1 fully saturated rings. The molecule has 7 nitrogen and oxygen atoms in total. The molecule has 0 unspecified atom stereocenters. The van der Waals surface area contributed by atoms with Crippen molar-refractivity contribution in [2.24, 2.45) is 7.05 Å². The van der Waals surface area contributed by atoms with E-state index in [-0.39, 0.29) is 17.3 Å². The summed E-state index contributed by atoms with van der Waals surface area (Å²) in [5.74, 6) is 0.717. The van der Waals surface area contributed by atoms with Gasteiger partial charge in [0.25, 0.3) is 5.91 Å². The van der Waals surface area contributed by atoms with Crippen molar-refractivity contribution in [2.45, 2.75) is 30.2 Å². The van der Waals surface area contributed by atoms with Crippen LogP contribution in [0.15, 0.2) is 52.7 Å². The third-order valence-corrected chi connectivity index (χ3v) is 6.89. The fourth-order valence-corrected chi connectivity index (χ4v) is 4.68. The maximum atomic E-state index is 12.4. The van der Waals surface area contributed by atoms with Crippen molar-refractivity contribution < 1.29 is 13.2 Å². The number of sulfonamides is 1. The van der Waals surface area contributed by atoms with E-state index in [1.807, 2.05) is 30.6 Å². The van der Waals surface area contributed by atoms with Gasteiger partial charge in [0, 0.05) is 41.7 Å². The third-order valence-electron chi connectivity index (χ3n) is 4.60. The second-order valence-corrected chi connectivity index (χ2v) is 9.53. The first-order chi connectivity index (χ1) is 13.4. The van der Waals surface area contributed by atoms with Gasteiger partial charge in [-0.1, -0.05) is 6.07 Å². The Hall–Kier alpha value is -2.49. The van der Waals surface area contributed by atoms with Crippen LogP contribution < -0.4 is 10.0 Å². The van der Waals surface area contributed by atoms with E-state index in [2.05, 4.69) is 15.1 Å². The van der Waals surface area contributed by atoms with Gasteiger partial charge >= 0.3 is 0 Å². The number of carbonyl (C=O) groups excluding carboxylic acids is 1. The first-order valence-corrected chi connectivity index (χ1v) is 11.3. The molecule has 1 saturated carbocycles. The number of carbonyl (C=O) groups is 1. The van der Waals surface area contributed by atoms with E-state index >= 15 is 0 Å². The average molecular weight is 417 g/mol. The molecule has 0 saturated heterocycles. The van der Waals surface area contributed by atoms with Crippen LogP contribution >= 0.6 is 11.3 Å². The lowest BCUT2D eigenvalue weighted by atomic mass is 10.2. The first kappa shape index (κ1) is 18.9. The molecule has 0 bridgehead atoms. The van der Waals surface area contributed by atoms with Gasteiger partial charge in [0.15, 0.2) is 5.82 Å². The van der Waals surface area contributed by atoms with E-state index in [0.717, 1.165) is 23.4 Å². The molecule has 0 spiro atoms. The Balaban J connectivity index is 1.42. The number of rotatable bonds is 7. The van der Waals surface area contributed by atoms with Crippen LogP contribution in [0.3, 0.4) is 0 Å². The Bertz CT molecular complexity index is 1080. The summed E-state index contributed by atoms with van der Waals surface area (Å²) >= 11 is 1.49. The molecular weight excluding hydrogens is 396 g/mol. The number of aryl methyl sites for hydroxylation is 1. The van der Waals surface area contributed by atoms with Crippen LogP contribution in [0.5, 0.6) is 0 Å². The number of thiophene rings is 1. The molecule has 1 amide bonds. The van der Waals surface area contributed by atoms with Crippen molar-refractivity contribution in [3.63, 3.8) is 0 Å². The number of amides is 1. The SMILES string of the molecule is Cn1nc(NC(=O)c2ccc(S(=O)(=O)NCc3cccs3)cc2)cc1C1CC1. The van der Waals surface area contributed by atoms with Crippen LogP contribution in [-0.2, 0) is 23.6 Å². The van der Waals surface area contributed by atoms with Crippen LogP contribution in [0.4, 0.5) is 5.82 Å². The van der Waals surface area contributed by atoms with Crippen molar-refractivity contribution in [3.8, 4) is 0 Å². The highest BCUT2D eigenvalue weighted by molar-refractivity contribution is 7.89. The zero-order chi connectivity index (χ0) is 19.7. The van der Waals surface area contributed by atoms with Crippen LogP contribution in [0.1, 0.15) is 39.7 Å². The van der Waals surface area contributed by atoms with E-state index in [0.29, 0.717) is 17.3 Å². The van der Waals surface area contributed by atoms with Gasteiger partial charge in [-0.15, -0.1) is 11.3 Å². The molecule has 3 aromatic rings. The Labute approximate surface area is 167 Å². The standard InChI is InChI=1S/C19H20N4O3S2/c1-23-17(13-4-5-13)11-18(22-23)21-19(24)14-6-8-16(9-7-14)28(25,26)20-12-15-3-2-10-27-15/h2-3,6-11,13,20H,4-5,12H2,1H3,(H,21,22,24). The van der Waals surface area contributed by atoms with E-state index in [4.69, 9.17) is 0 Å². The predicted octanol–water partition coefficient (Wildman–Crippen LogP) is 3.09. The number of nitrogens with one attached hydrogen (secondary N) is 2. The largest absolute Gasteiger partial charge is 0.305 e. The van der Waals surface area contributed by atoms with Crippen LogP contribution in [0, 0.1) is 0 Å². The Morgan fingerprint density at radius 1 is 1.25 bits per heavy atom. The van der Waals surface area contributed by atoms with E-state index < -0.39 is 10.0 Å². The molecule has 1 aliphatic carbocycles. The Morgan fingerprint density at radius 2 is 2.00 bits per heavy atom. The highest BCUT2D eigenvalue weighted by atomic mass is 32.2. The maximum Gasteiger partial charge on any atom is 0.256 e. The Morgan fingerprint density at radius 3 is 2.64 bits per heavy atom. The molecule has 1 aliphatic rings. The molecule has 2 N–H and O–H groups in total. The molecule has 2 aromatic heterocycles. The number of hydrogen-bond acceptors (Lipinski definition) is 5. The predicted molar refractivity (Wildman–Crippen MR) is 108 cm³/mol. The summed E-state index contributed by atoms with van der Waals surface area (Å²) in [6.45, 7) is 0.241. The summed E-state index contributed by atoms with van der Waals surface area (Å²) in [5, 5.41) is 8.99. The second-order valence-electron chi connectivity index (χ2n) is 6.73. The van der Waals surface area contributed by atoms with Crippen LogP contribution in [0.2, 0.25) is 0 Å². The number of benzene rings is 1. The molecule has 146 valence electrons. The number of hydrogen-bond donors (Lipinski definition) is 2. The normalized spacial score (nSPS) is 14.2. The molecule has 4 rings (SSSR count). The summed E-state index contributed by atoms with van der Waals surface area (Å²) in [5.41, 5.74) is 1.49. The van der Waals surface area contributed by atoms with Crippen molar-refractivity contribution in [1.82, 2.24) is 14.5 Å². The molecule has 0 radical (unpaired) electrons. The number of anilines is 1. The Kier molecular flexibility index (Phi) is 5.05. The smallest absolute Gasteiger partial charge is 0.256 e. The van der Waals surface area contributed by atoms with Crippen LogP contribution in [0.25, 0.3) is 0 Å². The molecule has 0 atom stereocenters. The summed E-state index contributed by atoms with van der Waals surface area (Å²) in [6, 6.07) is 11.5. The van der Waals surface area contributed by atoms with Gasteiger partial charge in [0.05, 0.1) is 4.90 Å². The fourth-order valence-electron chi connectivity index (χ4n) is 2.94. The molecule has 1 aromatic carbocycles. The minimum atomic E-state index is -3.63. The lowest BCUT2D eigenvalue weighted by Crippen LogP contribution is -2.23. The van der Waals surface area contributed by atoms with Crippen molar-refractivity contribution in [2.75, 3.05) is 5.32 Å². The minimum Gasteiger partial charge on any atom is -0.305 e. The molecule has 28 heavy (non-hydrogen) atoms. The quantitative estimate of drug-likeness (QED) is 0.619. The van der Waals surface area contributed by atoms with Gasteiger partial charge in [-0.05, 0) is 48.6 Å². The zero-order valence-electron chi connectivity index (χ0n) is 15.3. The molecule has 2 heterocycles. The second kappa shape index (κ2) is 7.50. The number of aromatic nitrogens is 2. The summed E-state index contributed by atoms with van der Waals surface area (Å²) in [4.78, 5) is 13.5. The average Bonchev–Trinajstić information content (AvgIpc) is 3.25. The molecular formula is C19H20N4O3S2. The lowest BCUT2D eigenvalue weighted by Gasteiger charge is -2.07. The summed E-state index contributed by atoms with van der Waals surface area (Å²) in [6.07, 6.45) is 2.31. The van der Waals surface area contributed by atoms with Crippen molar-refractivity contribution in [1.29, 1.82) is 0 Å². The van der Waals surface area contributed by atoms with E-state index in [1.165, 1.54) is 35.6 Å². The van der Waals surface area contributed by atoms with Gasteiger partial charge in [-0.2, -0.15) is 5.10 Å². The summed E-state index contributed by atoms with van der Waals surface area (Å²) < 4.78 is 29.1. The highest BCUT2D eigenvalue weighted by Crippen LogP contribution is 2.40. The topological polar surface area (TPSA) is 93.1 Å². The summed E-state index contributed by atoms with van der Waals surface area (Å²) in [7, 11) is -1.77.